The molecule has 5 aliphatic heterocycles. The molecule has 0 spiro atoms. The third kappa shape index (κ3) is 10.2. The highest BCUT2D eigenvalue weighted by atomic mass is 16.8. The second-order valence-corrected chi connectivity index (χ2v) is 24.2. The summed E-state index contributed by atoms with van der Waals surface area (Å²) in [5, 5.41) is 139. The summed E-state index contributed by atoms with van der Waals surface area (Å²) in [5.41, 5.74) is 0.819. The predicted molar refractivity (Wildman–Crippen MR) is 255 cm³/mol. The van der Waals surface area contributed by atoms with Crippen molar-refractivity contribution in [2.45, 2.75) is 240 Å². The van der Waals surface area contributed by atoms with E-state index in [2.05, 4.69) is 19.9 Å². The molecule has 0 amide bonds. The first kappa shape index (κ1) is 58.5. The molecule has 75 heavy (non-hydrogen) atoms. The van der Waals surface area contributed by atoms with Crippen LogP contribution in [0.4, 0.5) is 0 Å². The molecule has 0 bridgehead atoms. The molecule has 0 aromatic rings. The van der Waals surface area contributed by atoms with E-state index in [-0.39, 0.29) is 41.1 Å². The minimum absolute atomic E-state index is 0.109. The fourth-order valence-electron chi connectivity index (χ4n) is 15.3. The van der Waals surface area contributed by atoms with Crippen LogP contribution in [0.15, 0.2) is 11.6 Å². The van der Waals surface area contributed by atoms with Crippen molar-refractivity contribution in [2.75, 3.05) is 26.9 Å². The van der Waals surface area contributed by atoms with Gasteiger partial charge in [0.2, 0.25) is 0 Å². The number of allylic oxidation sites excluding steroid dienone is 1. The Labute approximate surface area is 437 Å². The molecule has 0 unspecified atom stereocenters. The molecular weight excluding hydrogens is 993 g/mol. The zero-order chi connectivity index (χ0) is 54.4. The van der Waals surface area contributed by atoms with E-state index in [0.717, 1.165) is 25.7 Å². The van der Waals surface area contributed by atoms with Crippen LogP contribution in [0.1, 0.15) is 99.3 Å². The average Bonchev–Trinajstić information content (AvgIpc) is 3.79. The maximum absolute atomic E-state index is 12.3. The Morgan fingerprint density at radius 3 is 1.85 bits per heavy atom. The fourth-order valence-corrected chi connectivity index (χ4v) is 15.3. The fraction of sp³-hybridized carbons (Fsp3) is 0.962. The molecule has 23 heteroatoms. The van der Waals surface area contributed by atoms with Gasteiger partial charge in [0.05, 0.1) is 38.1 Å². The van der Waals surface area contributed by atoms with Crippen molar-refractivity contribution in [3.05, 3.63) is 11.6 Å². The molecular formula is C52H86O23. The first-order valence-corrected chi connectivity index (χ1v) is 27.3. The Morgan fingerprint density at radius 2 is 1.24 bits per heavy atom. The number of aliphatic hydroxyl groups is 13. The van der Waals surface area contributed by atoms with Gasteiger partial charge in [0.25, 0.3) is 0 Å². The van der Waals surface area contributed by atoms with Gasteiger partial charge in [-0.2, -0.15) is 0 Å². The zero-order valence-electron chi connectivity index (χ0n) is 44.0. The van der Waals surface area contributed by atoms with Crippen LogP contribution in [0.3, 0.4) is 0 Å². The van der Waals surface area contributed by atoms with E-state index in [9.17, 15) is 66.4 Å². The Bertz CT molecular complexity index is 1970. The monoisotopic (exact) mass is 1080 g/mol. The molecule has 13 N–H and O–H groups in total. The summed E-state index contributed by atoms with van der Waals surface area (Å²) in [6, 6.07) is 0. The molecule has 432 valence electrons. The van der Waals surface area contributed by atoms with Crippen molar-refractivity contribution in [2.24, 2.45) is 46.3 Å². The highest BCUT2D eigenvalue weighted by Crippen LogP contribution is 2.73. The second kappa shape index (κ2) is 22.3. The summed E-state index contributed by atoms with van der Waals surface area (Å²) in [6.45, 7) is 10.5. The molecule has 0 aromatic heterocycles. The molecule has 4 aliphatic carbocycles. The van der Waals surface area contributed by atoms with Gasteiger partial charge in [-0.15, -0.1) is 0 Å². The van der Waals surface area contributed by atoms with Gasteiger partial charge in [0, 0.05) is 31.8 Å². The summed E-state index contributed by atoms with van der Waals surface area (Å²) >= 11 is 0. The van der Waals surface area contributed by atoms with Crippen molar-refractivity contribution in [3.8, 4) is 0 Å². The lowest BCUT2D eigenvalue weighted by atomic mass is 9.47. The van der Waals surface area contributed by atoms with Crippen molar-refractivity contribution in [3.63, 3.8) is 0 Å². The molecule has 5 heterocycles. The van der Waals surface area contributed by atoms with E-state index in [4.69, 9.17) is 47.4 Å². The van der Waals surface area contributed by atoms with Gasteiger partial charge in [-0.1, -0.05) is 39.3 Å². The summed E-state index contributed by atoms with van der Waals surface area (Å²) in [5.74, 6) is -2.20. The molecule has 9 aliphatic rings. The van der Waals surface area contributed by atoms with E-state index in [1.807, 2.05) is 13.8 Å². The largest absolute Gasteiger partial charge is 0.394 e. The van der Waals surface area contributed by atoms with Crippen LogP contribution in [0.25, 0.3) is 0 Å². The van der Waals surface area contributed by atoms with Crippen LogP contribution in [-0.2, 0) is 47.4 Å². The SMILES string of the molecule is CO[C@]12C[C@H]3[C@@H]4CC=C5C[C@@H](O[C@@H]6O[C@H](CO)[C@@H](O[C@@H]7O[C@@H](C)[C@H](O)[C@@H](O)[C@H]7O)[C@H](O)[C@H]6O[C@@H]6O[C@@H](C)[C@H](O)[C@@H](O)[C@H]6O)CC[C@]5(C)[C@H]4CC[C@]3(C)[C@H]1[C@H](C)[C@](O)(CC[C@@H](C)CO[C@@H]1O[C@H](CO)[C@@H](O)[C@H](O)[C@H]1O)O2. The summed E-state index contributed by atoms with van der Waals surface area (Å²) in [7, 11) is 1.66. The van der Waals surface area contributed by atoms with Gasteiger partial charge < -0.3 is 114 Å². The number of ether oxygens (including phenoxy) is 10. The smallest absolute Gasteiger partial charge is 0.187 e. The first-order valence-electron chi connectivity index (χ1n) is 27.3. The third-order valence-electron chi connectivity index (χ3n) is 19.8. The highest BCUT2D eigenvalue weighted by Gasteiger charge is 2.74. The van der Waals surface area contributed by atoms with Gasteiger partial charge in [0.1, 0.15) is 85.5 Å². The predicted octanol–water partition coefficient (Wildman–Crippen LogP) is -2.01. The minimum Gasteiger partial charge on any atom is -0.394 e. The number of rotatable bonds is 15. The van der Waals surface area contributed by atoms with Gasteiger partial charge in [-0.3, -0.25) is 0 Å². The topological polar surface area (TPSA) is 355 Å². The number of hydrogen-bond acceptors (Lipinski definition) is 23. The van der Waals surface area contributed by atoms with Gasteiger partial charge in [-0.25, -0.2) is 0 Å². The lowest BCUT2D eigenvalue weighted by Gasteiger charge is -2.58. The van der Waals surface area contributed by atoms with Crippen LogP contribution in [-0.4, -0.2) is 234 Å². The van der Waals surface area contributed by atoms with Crippen LogP contribution >= 0.6 is 0 Å². The highest BCUT2D eigenvalue weighted by molar-refractivity contribution is 5.27. The van der Waals surface area contributed by atoms with Crippen LogP contribution in [0, 0.1) is 46.3 Å². The number of aliphatic hydroxyl groups excluding tert-OH is 12. The maximum Gasteiger partial charge on any atom is 0.187 e. The molecule has 0 aromatic carbocycles. The van der Waals surface area contributed by atoms with Crippen LogP contribution in [0.5, 0.6) is 0 Å². The minimum atomic E-state index is -1.76. The molecule has 8 fully saturated rings. The average molecular weight is 1080 g/mol. The Hall–Kier alpha value is -1.18. The number of methoxy groups -OCH3 is 1. The lowest BCUT2D eigenvalue weighted by molar-refractivity contribution is -0.388. The quantitative estimate of drug-likeness (QED) is 0.0789. The normalized spacial score (nSPS) is 55.3. The molecule has 9 rings (SSSR count). The zero-order valence-corrected chi connectivity index (χ0v) is 44.0. The lowest BCUT2D eigenvalue weighted by Crippen LogP contribution is -2.66. The van der Waals surface area contributed by atoms with E-state index < -0.39 is 154 Å². The van der Waals surface area contributed by atoms with Crippen molar-refractivity contribution >= 4 is 0 Å². The van der Waals surface area contributed by atoms with Gasteiger partial charge >= 0.3 is 0 Å². The molecule has 31 atom stereocenters. The standard InChI is InChI=1S/C52H86O23/c1-21(20-67-45-38(61)37(60)34(57)30(18-53)71-45)10-15-51(65)22(2)44-50(6)14-12-28-27(29(50)17-52(44,66-7)75-51)9-8-25-16-26(11-13-49(25,28)5)70-48-43(74-47-40(63)36(59)33(56)24(4)69-47)41(64)42(31(19-54)72-48)73-46-39(62)35(58)32(55)23(3)68-46/h8,21-24,26-48,53-65H,9-20H2,1-7H3/t21-,22+,23+,24+,26+,27-,28+,29+,30-,31-,32+,33+,34-,35-,36-,37+,38-,39-,40-,41+,42-,43-,44-,45-,46+,47+,48-,49+,50+,51+,52+/m1/s1. The molecule has 3 saturated carbocycles. The summed E-state index contributed by atoms with van der Waals surface area (Å²) in [6.07, 6.45) is -21.4. The van der Waals surface area contributed by atoms with Crippen LogP contribution in [0.2, 0.25) is 0 Å². The molecule has 0 radical (unpaired) electrons. The van der Waals surface area contributed by atoms with Gasteiger partial charge in [0.15, 0.2) is 36.7 Å². The second-order valence-electron chi connectivity index (χ2n) is 24.2. The molecule has 5 saturated heterocycles. The van der Waals surface area contributed by atoms with Crippen LogP contribution < -0.4 is 0 Å². The van der Waals surface area contributed by atoms with E-state index in [1.54, 1.807) is 7.11 Å². The number of fused-ring (bicyclic) bond motifs is 7. The van der Waals surface area contributed by atoms with Crippen molar-refractivity contribution in [1.29, 1.82) is 0 Å². The summed E-state index contributed by atoms with van der Waals surface area (Å²) < 4.78 is 61.2. The Balaban J connectivity index is 0.868. The van der Waals surface area contributed by atoms with Crippen molar-refractivity contribution in [1.82, 2.24) is 0 Å². The van der Waals surface area contributed by atoms with E-state index in [1.165, 1.54) is 19.4 Å². The Kier molecular flexibility index (Phi) is 17.4. The van der Waals surface area contributed by atoms with E-state index in [0.29, 0.717) is 43.9 Å². The van der Waals surface area contributed by atoms with Gasteiger partial charge in [-0.05, 0) is 93.3 Å². The molecule has 23 nitrogen and oxygen atoms in total. The summed E-state index contributed by atoms with van der Waals surface area (Å²) in [4.78, 5) is 0. The van der Waals surface area contributed by atoms with Crippen molar-refractivity contribution < 1.29 is 114 Å². The first-order chi connectivity index (χ1) is 35.4. The third-order valence-corrected chi connectivity index (χ3v) is 19.8. The van der Waals surface area contributed by atoms with E-state index >= 15 is 0 Å². The Morgan fingerprint density at radius 1 is 0.653 bits per heavy atom. The number of hydrogen-bond donors (Lipinski definition) is 13. The maximum atomic E-state index is 12.3.